The summed E-state index contributed by atoms with van der Waals surface area (Å²) < 4.78 is 15.6. The summed E-state index contributed by atoms with van der Waals surface area (Å²) in [7, 11) is 3.10. The number of rotatable bonds is 5. The standard InChI is InChI=1S/C9H14O4/c1-11-8-4-6-9(12-2,13-8)5-3-7-10/h4,6-8H,3,5H2,1-2H3. The first-order chi connectivity index (χ1) is 6.26. The second kappa shape index (κ2) is 4.50. The molecule has 74 valence electrons. The summed E-state index contributed by atoms with van der Waals surface area (Å²) in [5.74, 6) is -0.776. The summed E-state index contributed by atoms with van der Waals surface area (Å²) in [5, 5.41) is 0. The van der Waals surface area contributed by atoms with Crippen molar-refractivity contribution in [2.45, 2.75) is 24.9 Å². The van der Waals surface area contributed by atoms with Gasteiger partial charge in [-0.3, -0.25) is 0 Å². The fraction of sp³-hybridized carbons (Fsp3) is 0.667. The molecule has 0 N–H and O–H groups in total. The molecule has 1 heterocycles. The van der Waals surface area contributed by atoms with Crippen molar-refractivity contribution in [3.8, 4) is 0 Å². The Morgan fingerprint density at radius 3 is 2.85 bits per heavy atom. The molecule has 0 fully saturated rings. The van der Waals surface area contributed by atoms with Gasteiger partial charge in [0.2, 0.25) is 0 Å². The second-order valence-corrected chi connectivity index (χ2v) is 2.80. The molecule has 0 aromatic rings. The highest BCUT2D eigenvalue weighted by molar-refractivity contribution is 5.49. The lowest BCUT2D eigenvalue weighted by atomic mass is 10.1. The number of carbonyl (C=O) groups excluding carboxylic acids is 1. The van der Waals surface area contributed by atoms with Crippen LogP contribution in [0.1, 0.15) is 12.8 Å². The van der Waals surface area contributed by atoms with Crippen molar-refractivity contribution >= 4 is 6.29 Å². The third kappa shape index (κ3) is 2.37. The Bertz CT molecular complexity index is 202. The first-order valence-corrected chi connectivity index (χ1v) is 4.15. The molecule has 0 amide bonds. The SMILES string of the molecule is COC1C=CC(CCC=O)(OC)O1. The number of ether oxygens (including phenoxy) is 3. The average Bonchev–Trinajstić information content (AvgIpc) is 2.59. The first kappa shape index (κ1) is 10.4. The van der Waals surface area contributed by atoms with Crippen LogP contribution in [0.5, 0.6) is 0 Å². The van der Waals surface area contributed by atoms with E-state index in [-0.39, 0.29) is 6.29 Å². The molecule has 0 spiro atoms. The molecule has 13 heavy (non-hydrogen) atoms. The van der Waals surface area contributed by atoms with Gasteiger partial charge in [-0.25, -0.2) is 0 Å². The Labute approximate surface area is 77.5 Å². The number of methoxy groups -OCH3 is 2. The fourth-order valence-electron chi connectivity index (χ4n) is 1.25. The van der Waals surface area contributed by atoms with Crippen molar-refractivity contribution in [2.24, 2.45) is 0 Å². The summed E-state index contributed by atoms with van der Waals surface area (Å²) in [5.41, 5.74) is 0. The van der Waals surface area contributed by atoms with E-state index >= 15 is 0 Å². The number of carbonyl (C=O) groups is 1. The molecular formula is C9H14O4. The molecule has 1 rings (SSSR count). The fourth-order valence-corrected chi connectivity index (χ4v) is 1.25. The highest BCUT2D eigenvalue weighted by Gasteiger charge is 2.35. The molecule has 0 saturated carbocycles. The topological polar surface area (TPSA) is 44.8 Å². The summed E-state index contributed by atoms with van der Waals surface area (Å²) in [6, 6.07) is 0. The minimum absolute atomic E-state index is 0.369. The van der Waals surface area contributed by atoms with Gasteiger partial charge in [-0.05, 0) is 12.2 Å². The Balaban J connectivity index is 2.53. The van der Waals surface area contributed by atoms with Crippen LogP contribution < -0.4 is 0 Å². The summed E-state index contributed by atoms with van der Waals surface area (Å²) in [6.45, 7) is 0. The zero-order chi connectivity index (χ0) is 9.73. The zero-order valence-corrected chi connectivity index (χ0v) is 7.86. The average molecular weight is 186 g/mol. The molecule has 0 aromatic heterocycles. The zero-order valence-electron chi connectivity index (χ0n) is 7.86. The summed E-state index contributed by atoms with van der Waals surface area (Å²) in [6.07, 6.45) is 4.96. The Morgan fingerprint density at radius 1 is 1.62 bits per heavy atom. The Morgan fingerprint density at radius 2 is 2.38 bits per heavy atom. The second-order valence-electron chi connectivity index (χ2n) is 2.80. The monoisotopic (exact) mass is 186 g/mol. The van der Waals surface area contributed by atoms with Gasteiger partial charge in [0, 0.05) is 27.1 Å². The van der Waals surface area contributed by atoms with Crippen LogP contribution in [0.3, 0.4) is 0 Å². The van der Waals surface area contributed by atoms with E-state index in [9.17, 15) is 4.79 Å². The first-order valence-electron chi connectivity index (χ1n) is 4.15. The van der Waals surface area contributed by atoms with E-state index in [0.29, 0.717) is 12.8 Å². The third-order valence-corrected chi connectivity index (χ3v) is 2.01. The van der Waals surface area contributed by atoms with Gasteiger partial charge in [-0.15, -0.1) is 0 Å². The summed E-state index contributed by atoms with van der Waals surface area (Å²) >= 11 is 0. The maximum absolute atomic E-state index is 10.2. The van der Waals surface area contributed by atoms with E-state index in [1.807, 2.05) is 0 Å². The van der Waals surface area contributed by atoms with Crippen molar-refractivity contribution in [3.63, 3.8) is 0 Å². The van der Waals surface area contributed by atoms with Gasteiger partial charge in [0.25, 0.3) is 0 Å². The van der Waals surface area contributed by atoms with E-state index in [0.717, 1.165) is 6.29 Å². The molecule has 0 radical (unpaired) electrons. The van der Waals surface area contributed by atoms with Crippen LogP contribution in [0.4, 0.5) is 0 Å². The quantitative estimate of drug-likeness (QED) is 0.472. The van der Waals surface area contributed by atoms with Gasteiger partial charge in [-0.2, -0.15) is 0 Å². The van der Waals surface area contributed by atoms with Crippen molar-refractivity contribution in [2.75, 3.05) is 14.2 Å². The lowest BCUT2D eigenvalue weighted by molar-refractivity contribution is -0.244. The van der Waals surface area contributed by atoms with Gasteiger partial charge in [-0.1, -0.05) is 0 Å². The van der Waals surface area contributed by atoms with Crippen LogP contribution in [0.15, 0.2) is 12.2 Å². The van der Waals surface area contributed by atoms with Crippen molar-refractivity contribution in [3.05, 3.63) is 12.2 Å². The predicted octanol–water partition coefficient (Wildman–Crippen LogP) is 0.867. The normalized spacial score (nSPS) is 32.3. The maximum Gasteiger partial charge on any atom is 0.191 e. The minimum Gasteiger partial charge on any atom is -0.352 e. The van der Waals surface area contributed by atoms with Crippen molar-refractivity contribution in [1.82, 2.24) is 0 Å². The van der Waals surface area contributed by atoms with Gasteiger partial charge in [0.15, 0.2) is 12.1 Å². The molecule has 0 bridgehead atoms. The molecule has 4 nitrogen and oxygen atoms in total. The lowest BCUT2D eigenvalue weighted by Gasteiger charge is -2.26. The number of aldehydes is 1. The van der Waals surface area contributed by atoms with E-state index in [4.69, 9.17) is 14.2 Å². The van der Waals surface area contributed by atoms with Gasteiger partial charge in [0.1, 0.15) is 6.29 Å². The molecule has 1 aliphatic heterocycles. The van der Waals surface area contributed by atoms with Gasteiger partial charge >= 0.3 is 0 Å². The van der Waals surface area contributed by atoms with Crippen LogP contribution in [0.2, 0.25) is 0 Å². The van der Waals surface area contributed by atoms with Crippen LogP contribution in [0.25, 0.3) is 0 Å². The molecule has 0 aliphatic carbocycles. The Kier molecular flexibility index (Phi) is 3.59. The van der Waals surface area contributed by atoms with Gasteiger partial charge in [0.05, 0.1) is 0 Å². The molecule has 0 saturated heterocycles. The van der Waals surface area contributed by atoms with E-state index < -0.39 is 5.79 Å². The molecular weight excluding hydrogens is 172 g/mol. The van der Waals surface area contributed by atoms with Gasteiger partial charge < -0.3 is 19.0 Å². The highest BCUT2D eigenvalue weighted by atomic mass is 16.8. The van der Waals surface area contributed by atoms with E-state index in [1.165, 1.54) is 0 Å². The van der Waals surface area contributed by atoms with Crippen LogP contribution in [-0.2, 0) is 19.0 Å². The third-order valence-electron chi connectivity index (χ3n) is 2.01. The van der Waals surface area contributed by atoms with Crippen LogP contribution in [0, 0.1) is 0 Å². The van der Waals surface area contributed by atoms with Crippen molar-refractivity contribution < 1.29 is 19.0 Å². The van der Waals surface area contributed by atoms with Crippen LogP contribution in [-0.4, -0.2) is 32.6 Å². The van der Waals surface area contributed by atoms with Crippen molar-refractivity contribution in [1.29, 1.82) is 0 Å². The largest absolute Gasteiger partial charge is 0.352 e. The van der Waals surface area contributed by atoms with E-state index in [1.54, 1.807) is 26.4 Å². The molecule has 4 heteroatoms. The molecule has 2 unspecified atom stereocenters. The smallest absolute Gasteiger partial charge is 0.191 e. The Hall–Kier alpha value is -0.710. The molecule has 2 atom stereocenters. The number of hydrogen-bond acceptors (Lipinski definition) is 4. The summed E-state index contributed by atoms with van der Waals surface area (Å²) in [4.78, 5) is 10.2. The minimum atomic E-state index is -0.776. The van der Waals surface area contributed by atoms with E-state index in [2.05, 4.69) is 0 Å². The maximum atomic E-state index is 10.2. The van der Waals surface area contributed by atoms with Crippen LogP contribution >= 0.6 is 0 Å². The molecule has 1 aliphatic rings. The predicted molar refractivity (Wildman–Crippen MR) is 46.1 cm³/mol. The highest BCUT2D eigenvalue weighted by Crippen LogP contribution is 2.28. The number of hydrogen-bond donors (Lipinski definition) is 0. The lowest BCUT2D eigenvalue weighted by Crippen LogP contribution is -2.32. The molecule has 0 aromatic carbocycles.